The summed E-state index contributed by atoms with van der Waals surface area (Å²) in [6.07, 6.45) is 2.94. The molecule has 0 atom stereocenters. The molecular weight excluding hydrogens is 325 g/mol. The minimum Gasteiger partial charge on any atom is -0.507 e. The van der Waals surface area contributed by atoms with Gasteiger partial charge in [0.1, 0.15) is 11.6 Å². The summed E-state index contributed by atoms with van der Waals surface area (Å²) >= 11 is 0. The molecule has 1 aliphatic heterocycles. The lowest BCUT2D eigenvalue weighted by Gasteiger charge is -2.30. The second kappa shape index (κ2) is 7.46. The van der Waals surface area contributed by atoms with Crippen LogP contribution in [0.25, 0.3) is 11.3 Å². The summed E-state index contributed by atoms with van der Waals surface area (Å²) in [5.41, 5.74) is 0.777. The molecule has 2 aromatic rings. The topological polar surface area (TPSA) is 75.5 Å². The van der Waals surface area contributed by atoms with Gasteiger partial charge in [-0.15, -0.1) is 0 Å². The van der Waals surface area contributed by atoms with Crippen molar-refractivity contribution in [2.45, 2.75) is 19.8 Å². The molecule has 3 rings (SSSR count). The number of piperidine rings is 1. The first-order valence-electron chi connectivity index (χ1n) is 8.32. The molecule has 0 spiro atoms. The summed E-state index contributed by atoms with van der Waals surface area (Å²) in [6.45, 7) is 3.47. The third kappa shape index (κ3) is 3.87. The number of benzene rings is 1. The lowest BCUT2D eigenvalue weighted by atomic mass is 9.97. The van der Waals surface area contributed by atoms with E-state index < -0.39 is 5.82 Å². The molecule has 7 heteroatoms. The molecule has 1 saturated heterocycles. The average Bonchev–Trinajstić information content (AvgIpc) is 2.64. The zero-order valence-electron chi connectivity index (χ0n) is 14.0. The van der Waals surface area contributed by atoms with Gasteiger partial charge >= 0.3 is 5.97 Å². The van der Waals surface area contributed by atoms with Gasteiger partial charge in [0.05, 0.1) is 18.2 Å². The van der Waals surface area contributed by atoms with Crippen molar-refractivity contribution in [1.29, 1.82) is 0 Å². The van der Waals surface area contributed by atoms with Crippen LogP contribution in [0.3, 0.4) is 0 Å². The molecule has 0 amide bonds. The summed E-state index contributed by atoms with van der Waals surface area (Å²) in [7, 11) is 0. The van der Waals surface area contributed by atoms with Gasteiger partial charge < -0.3 is 14.7 Å². The summed E-state index contributed by atoms with van der Waals surface area (Å²) in [4.78, 5) is 22.5. The van der Waals surface area contributed by atoms with Gasteiger partial charge in [0, 0.05) is 24.8 Å². The molecule has 2 heterocycles. The van der Waals surface area contributed by atoms with E-state index in [0.717, 1.165) is 0 Å². The quantitative estimate of drug-likeness (QED) is 0.859. The largest absolute Gasteiger partial charge is 0.507 e. The SMILES string of the molecule is CCOC(=O)C1CCN(c2nccc(-c3cc(F)ccc3O)n2)CC1. The van der Waals surface area contributed by atoms with Crippen LogP contribution in [-0.2, 0) is 9.53 Å². The van der Waals surface area contributed by atoms with E-state index >= 15 is 0 Å². The number of aromatic nitrogens is 2. The maximum absolute atomic E-state index is 13.5. The second-order valence-electron chi connectivity index (χ2n) is 5.92. The normalized spacial score (nSPS) is 15.2. The molecule has 1 aromatic carbocycles. The lowest BCUT2D eigenvalue weighted by molar-refractivity contribution is -0.148. The van der Waals surface area contributed by atoms with Crippen molar-refractivity contribution in [3.05, 3.63) is 36.3 Å². The van der Waals surface area contributed by atoms with Gasteiger partial charge in [0.2, 0.25) is 5.95 Å². The number of halogens is 1. The fourth-order valence-electron chi connectivity index (χ4n) is 2.94. The molecular formula is C18H20FN3O3. The van der Waals surface area contributed by atoms with Gasteiger partial charge in [-0.3, -0.25) is 4.79 Å². The second-order valence-corrected chi connectivity index (χ2v) is 5.92. The highest BCUT2D eigenvalue weighted by Crippen LogP contribution is 2.29. The Labute approximate surface area is 145 Å². The van der Waals surface area contributed by atoms with E-state index in [1.165, 1.54) is 18.2 Å². The van der Waals surface area contributed by atoms with Crippen molar-refractivity contribution < 1.29 is 19.0 Å². The summed E-state index contributed by atoms with van der Waals surface area (Å²) < 4.78 is 18.5. The van der Waals surface area contributed by atoms with Crippen molar-refractivity contribution in [2.75, 3.05) is 24.6 Å². The number of phenols is 1. The number of carbonyl (C=O) groups excluding carboxylic acids is 1. The molecule has 0 radical (unpaired) electrons. The van der Waals surface area contributed by atoms with E-state index in [0.29, 0.717) is 49.7 Å². The predicted molar refractivity (Wildman–Crippen MR) is 90.7 cm³/mol. The van der Waals surface area contributed by atoms with Crippen LogP contribution in [0.1, 0.15) is 19.8 Å². The standard InChI is InChI=1S/C18H20FN3O3/c1-2-25-17(24)12-6-9-22(10-7-12)18-20-8-5-15(21-18)14-11-13(19)3-4-16(14)23/h3-5,8,11-12,23H,2,6-7,9-10H2,1H3. The van der Waals surface area contributed by atoms with Crippen LogP contribution in [0.5, 0.6) is 5.75 Å². The maximum Gasteiger partial charge on any atom is 0.309 e. The maximum atomic E-state index is 13.5. The molecule has 0 bridgehead atoms. The highest BCUT2D eigenvalue weighted by Gasteiger charge is 2.27. The minimum atomic E-state index is -0.441. The van der Waals surface area contributed by atoms with E-state index in [1.807, 2.05) is 4.90 Å². The number of nitrogens with zero attached hydrogens (tertiary/aromatic N) is 3. The molecule has 1 aliphatic rings. The summed E-state index contributed by atoms with van der Waals surface area (Å²) in [5.74, 6) is -0.216. The Bertz CT molecular complexity index is 761. The van der Waals surface area contributed by atoms with Crippen molar-refractivity contribution in [1.82, 2.24) is 9.97 Å². The zero-order valence-corrected chi connectivity index (χ0v) is 14.0. The third-order valence-corrected chi connectivity index (χ3v) is 4.28. The Balaban J connectivity index is 1.75. The number of carbonyl (C=O) groups is 1. The van der Waals surface area contributed by atoms with Crippen molar-refractivity contribution in [2.24, 2.45) is 5.92 Å². The highest BCUT2D eigenvalue weighted by molar-refractivity contribution is 5.73. The van der Waals surface area contributed by atoms with Crippen LogP contribution in [0, 0.1) is 11.7 Å². The van der Waals surface area contributed by atoms with Gasteiger partial charge in [0.15, 0.2) is 0 Å². The van der Waals surface area contributed by atoms with Gasteiger partial charge in [-0.2, -0.15) is 0 Å². The number of ether oxygens (including phenoxy) is 1. The summed E-state index contributed by atoms with van der Waals surface area (Å²) in [6, 6.07) is 5.37. The van der Waals surface area contributed by atoms with Gasteiger partial charge in [-0.25, -0.2) is 14.4 Å². The smallest absolute Gasteiger partial charge is 0.309 e. The molecule has 0 aliphatic carbocycles. The van der Waals surface area contributed by atoms with E-state index in [4.69, 9.17) is 4.74 Å². The molecule has 1 N–H and O–H groups in total. The first-order chi connectivity index (χ1) is 12.1. The first-order valence-corrected chi connectivity index (χ1v) is 8.32. The van der Waals surface area contributed by atoms with Gasteiger partial charge in [-0.1, -0.05) is 0 Å². The van der Waals surface area contributed by atoms with E-state index in [-0.39, 0.29) is 17.6 Å². The first kappa shape index (κ1) is 17.1. The molecule has 6 nitrogen and oxygen atoms in total. The Morgan fingerprint density at radius 2 is 2.12 bits per heavy atom. The Morgan fingerprint density at radius 3 is 2.84 bits per heavy atom. The lowest BCUT2D eigenvalue weighted by Crippen LogP contribution is -2.37. The van der Waals surface area contributed by atoms with E-state index in [9.17, 15) is 14.3 Å². The number of anilines is 1. The van der Waals surface area contributed by atoms with Crippen molar-refractivity contribution in [3.63, 3.8) is 0 Å². The molecule has 1 aromatic heterocycles. The summed E-state index contributed by atoms with van der Waals surface area (Å²) in [5, 5.41) is 9.94. The fourth-order valence-corrected chi connectivity index (χ4v) is 2.94. The average molecular weight is 345 g/mol. The van der Waals surface area contributed by atoms with E-state index in [2.05, 4.69) is 9.97 Å². The number of esters is 1. The number of phenolic OH excluding ortho intramolecular Hbond substituents is 1. The Kier molecular flexibility index (Phi) is 5.11. The number of aromatic hydroxyl groups is 1. The molecule has 0 saturated carbocycles. The predicted octanol–water partition coefficient (Wildman–Crippen LogP) is 2.77. The van der Waals surface area contributed by atoms with Crippen LogP contribution in [0.2, 0.25) is 0 Å². The van der Waals surface area contributed by atoms with Crippen LogP contribution in [0.4, 0.5) is 10.3 Å². The third-order valence-electron chi connectivity index (χ3n) is 4.28. The zero-order chi connectivity index (χ0) is 17.8. The monoisotopic (exact) mass is 345 g/mol. The number of hydrogen-bond donors (Lipinski definition) is 1. The molecule has 0 unspecified atom stereocenters. The molecule has 1 fully saturated rings. The highest BCUT2D eigenvalue weighted by atomic mass is 19.1. The number of hydrogen-bond acceptors (Lipinski definition) is 6. The van der Waals surface area contributed by atoms with Crippen LogP contribution in [-0.4, -0.2) is 40.7 Å². The fraction of sp³-hybridized carbons (Fsp3) is 0.389. The Morgan fingerprint density at radius 1 is 1.36 bits per heavy atom. The number of rotatable bonds is 4. The minimum absolute atomic E-state index is 0.0351. The van der Waals surface area contributed by atoms with Crippen LogP contribution < -0.4 is 4.90 Å². The molecule has 132 valence electrons. The van der Waals surface area contributed by atoms with Crippen molar-refractivity contribution in [3.8, 4) is 17.0 Å². The van der Waals surface area contributed by atoms with Crippen LogP contribution in [0.15, 0.2) is 30.5 Å². The van der Waals surface area contributed by atoms with Gasteiger partial charge in [-0.05, 0) is 44.0 Å². The van der Waals surface area contributed by atoms with Gasteiger partial charge in [0.25, 0.3) is 0 Å². The van der Waals surface area contributed by atoms with Crippen LogP contribution >= 0.6 is 0 Å². The molecule has 25 heavy (non-hydrogen) atoms. The Hall–Kier alpha value is -2.70. The van der Waals surface area contributed by atoms with Crippen molar-refractivity contribution >= 4 is 11.9 Å². The van der Waals surface area contributed by atoms with E-state index in [1.54, 1.807) is 19.2 Å².